The Morgan fingerprint density at radius 2 is 1.63 bits per heavy atom. The maximum absolute atomic E-state index is 11.6. The summed E-state index contributed by atoms with van der Waals surface area (Å²) in [4.78, 5) is 11.6. The van der Waals surface area contributed by atoms with Crippen LogP contribution in [0.25, 0.3) is 10.8 Å². The van der Waals surface area contributed by atoms with Crippen LogP contribution in [0.2, 0.25) is 0 Å². The monoisotopic (exact) mass is 362 g/mol. The molecule has 0 aliphatic carbocycles. The number of hydrogen-bond donors (Lipinski definition) is 0. The van der Waals surface area contributed by atoms with Gasteiger partial charge < -0.3 is 9.47 Å². The molecular formula is C24H26O3. The van der Waals surface area contributed by atoms with Crippen molar-refractivity contribution in [2.75, 3.05) is 13.2 Å². The first-order valence-corrected chi connectivity index (χ1v) is 9.24. The zero-order valence-corrected chi connectivity index (χ0v) is 16.4. The molecule has 0 atom stereocenters. The predicted molar refractivity (Wildman–Crippen MR) is 110 cm³/mol. The molecule has 0 radical (unpaired) electrons. The highest BCUT2D eigenvalue weighted by atomic mass is 16.5. The van der Waals surface area contributed by atoms with E-state index in [0.29, 0.717) is 24.5 Å². The van der Waals surface area contributed by atoms with E-state index in [2.05, 4.69) is 45.9 Å². The van der Waals surface area contributed by atoms with E-state index in [4.69, 9.17) is 9.47 Å². The number of benzene rings is 3. The molecule has 0 saturated heterocycles. The molecule has 0 unspecified atom stereocenters. The van der Waals surface area contributed by atoms with Crippen molar-refractivity contribution >= 4 is 17.1 Å². The molecule has 3 aromatic carbocycles. The number of aryl methyl sites for hydroxylation is 1. The van der Waals surface area contributed by atoms with E-state index in [9.17, 15) is 4.79 Å². The van der Waals surface area contributed by atoms with Crippen molar-refractivity contribution in [1.82, 2.24) is 0 Å². The summed E-state index contributed by atoms with van der Waals surface area (Å²) in [7, 11) is 0. The summed E-state index contributed by atoms with van der Waals surface area (Å²) < 4.78 is 11.9. The lowest BCUT2D eigenvalue weighted by atomic mass is 9.85. The average molecular weight is 362 g/mol. The van der Waals surface area contributed by atoms with Crippen molar-refractivity contribution in [3.8, 4) is 11.5 Å². The summed E-state index contributed by atoms with van der Waals surface area (Å²) in [5, 5.41) is 1.93. The molecule has 140 valence electrons. The summed E-state index contributed by atoms with van der Waals surface area (Å²) in [5.41, 5.74) is 2.88. The predicted octanol–water partition coefficient (Wildman–Crippen LogP) is 5.72. The van der Waals surface area contributed by atoms with Crippen LogP contribution in [0.15, 0.2) is 54.6 Å². The van der Waals surface area contributed by atoms with Gasteiger partial charge >= 0.3 is 0 Å². The van der Waals surface area contributed by atoms with Crippen LogP contribution in [0.4, 0.5) is 0 Å². The fraction of sp³-hybridized carbons (Fsp3) is 0.292. The third kappa shape index (κ3) is 4.13. The van der Waals surface area contributed by atoms with Gasteiger partial charge in [0.25, 0.3) is 0 Å². The van der Waals surface area contributed by atoms with Gasteiger partial charge in [-0.1, -0.05) is 69.3 Å². The second-order valence-corrected chi connectivity index (χ2v) is 7.71. The zero-order valence-electron chi connectivity index (χ0n) is 16.4. The molecule has 3 nitrogen and oxygen atoms in total. The van der Waals surface area contributed by atoms with Crippen LogP contribution in [-0.4, -0.2) is 19.5 Å². The van der Waals surface area contributed by atoms with Gasteiger partial charge in [-0.15, -0.1) is 0 Å². The topological polar surface area (TPSA) is 35.5 Å². The Morgan fingerprint density at radius 3 is 2.37 bits per heavy atom. The maximum Gasteiger partial charge on any atom is 0.154 e. The van der Waals surface area contributed by atoms with Crippen molar-refractivity contribution < 1.29 is 14.3 Å². The first kappa shape index (κ1) is 19.0. The van der Waals surface area contributed by atoms with Crippen LogP contribution in [0.3, 0.4) is 0 Å². The summed E-state index contributed by atoms with van der Waals surface area (Å²) in [6.45, 7) is 9.37. The van der Waals surface area contributed by atoms with Crippen LogP contribution in [0.1, 0.15) is 42.3 Å². The minimum absolute atomic E-state index is 0.00520. The minimum atomic E-state index is 0.00520. The summed E-state index contributed by atoms with van der Waals surface area (Å²) in [6, 6.07) is 17.8. The molecule has 27 heavy (non-hydrogen) atoms. The fourth-order valence-corrected chi connectivity index (χ4v) is 3.25. The Bertz CT molecular complexity index is 951. The van der Waals surface area contributed by atoms with E-state index in [-0.39, 0.29) is 5.41 Å². The molecule has 3 rings (SSSR count). The van der Waals surface area contributed by atoms with Crippen molar-refractivity contribution in [2.45, 2.75) is 33.1 Å². The second kappa shape index (κ2) is 7.83. The molecule has 0 amide bonds. The van der Waals surface area contributed by atoms with Crippen LogP contribution >= 0.6 is 0 Å². The molecule has 0 spiro atoms. The third-order valence-corrected chi connectivity index (χ3v) is 4.66. The lowest BCUT2D eigenvalue weighted by Crippen LogP contribution is -2.17. The molecule has 0 bridgehead atoms. The van der Waals surface area contributed by atoms with Gasteiger partial charge in [0.15, 0.2) is 6.29 Å². The van der Waals surface area contributed by atoms with E-state index in [1.165, 1.54) is 5.56 Å². The Kier molecular flexibility index (Phi) is 5.50. The number of hydrogen-bond acceptors (Lipinski definition) is 3. The van der Waals surface area contributed by atoms with Gasteiger partial charge in [0.2, 0.25) is 0 Å². The zero-order chi connectivity index (χ0) is 19.4. The number of rotatable bonds is 6. The van der Waals surface area contributed by atoms with Gasteiger partial charge in [0.05, 0.1) is 5.56 Å². The number of para-hydroxylation sites is 1. The molecule has 0 aliphatic heterocycles. The van der Waals surface area contributed by atoms with Crippen LogP contribution in [0, 0.1) is 6.92 Å². The molecule has 0 saturated carbocycles. The molecule has 3 heteroatoms. The number of carbonyl (C=O) groups excluding carboxylic acids is 1. The normalized spacial score (nSPS) is 11.4. The Hall–Kier alpha value is -2.81. The van der Waals surface area contributed by atoms with E-state index in [1.54, 1.807) is 0 Å². The standard InChI is InChI=1S/C24H26O3/c1-17-8-7-11-21(24(2,3)4)23(17)27-15-14-26-22-13-12-18-9-5-6-10-19(18)20(22)16-25/h5-13,16H,14-15H2,1-4H3. The van der Waals surface area contributed by atoms with Gasteiger partial charge in [0.1, 0.15) is 24.7 Å². The van der Waals surface area contributed by atoms with Gasteiger partial charge in [-0.05, 0) is 40.3 Å². The Labute approximate surface area is 160 Å². The molecular weight excluding hydrogens is 336 g/mol. The van der Waals surface area contributed by atoms with Crippen molar-refractivity contribution in [3.63, 3.8) is 0 Å². The largest absolute Gasteiger partial charge is 0.489 e. The van der Waals surface area contributed by atoms with Crippen LogP contribution < -0.4 is 9.47 Å². The highest BCUT2D eigenvalue weighted by Gasteiger charge is 2.20. The third-order valence-electron chi connectivity index (χ3n) is 4.66. The summed E-state index contributed by atoms with van der Waals surface area (Å²) >= 11 is 0. The smallest absolute Gasteiger partial charge is 0.154 e. The minimum Gasteiger partial charge on any atom is -0.489 e. The number of fused-ring (bicyclic) bond motifs is 1. The first-order chi connectivity index (χ1) is 12.9. The maximum atomic E-state index is 11.6. The highest BCUT2D eigenvalue weighted by Crippen LogP contribution is 2.34. The summed E-state index contributed by atoms with van der Waals surface area (Å²) in [6.07, 6.45) is 0.859. The number of ether oxygens (including phenoxy) is 2. The molecule has 0 aliphatic rings. The van der Waals surface area contributed by atoms with Crippen molar-refractivity contribution in [1.29, 1.82) is 0 Å². The average Bonchev–Trinajstić information content (AvgIpc) is 2.64. The van der Waals surface area contributed by atoms with Crippen LogP contribution in [-0.2, 0) is 5.41 Å². The second-order valence-electron chi connectivity index (χ2n) is 7.71. The molecule has 0 fully saturated rings. The van der Waals surface area contributed by atoms with Crippen LogP contribution in [0.5, 0.6) is 11.5 Å². The van der Waals surface area contributed by atoms with Gasteiger partial charge in [-0.3, -0.25) is 4.79 Å². The fourth-order valence-electron chi connectivity index (χ4n) is 3.25. The molecule has 3 aromatic rings. The number of carbonyl (C=O) groups is 1. The van der Waals surface area contributed by atoms with Crippen molar-refractivity contribution in [2.24, 2.45) is 0 Å². The van der Waals surface area contributed by atoms with Gasteiger partial charge in [0, 0.05) is 0 Å². The van der Waals surface area contributed by atoms with E-state index in [0.717, 1.165) is 28.4 Å². The van der Waals surface area contributed by atoms with E-state index < -0.39 is 0 Å². The van der Waals surface area contributed by atoms with E-state index >= 15 is 0 Å². The first-order valence-electron chi connectivity index (χ1n) is 9.24. The Balaban J connectivity index is 1.72. The lowest BCUT2D eigenvalue weighted by molar-refractivity contribution is 0.111. The highest BCUT2D eigenvalue weighted by molar-refractivity contribution is 6.00. The quantitative estimate of drug-likeness (QED) is 0.416. The lowest BCUT2D eigenvalue weighted by Gasteiger charge is -2.24. The number of aldehydes is 1. The van der Waals surface area contributed by atoms with E-state index in [1.807, 2.05) is 36.4 Å². The van der Waals surface area contributed by atoms with Gasteiger partial charge in [-0.2, -0.15) is 0 Å². The molecule has 0 aromatic heterocycles. The SMILES string of the molecule is Cc1cccc(C(C)(C)C)c1OCCOc1ccc2ccccc2c1C=O. The van der Waals surface area contributed by atoms with Crippen molar-refractivity contribution in [3.05, 3.63) is 71.3 Å². The molecule has 0 N–H and O–H groups in total. The summed E-state index contributed by atoms with van der Waals surface area (Å²) in [5.74, 6) is 1.51. The molecule has 0 heterocycles. The Morgan fingerprint density at radius 1 is 0.889 bits per heavy atom. The van der Waals surface area contributed by atoms with Gasteiger partial charge in [-0.25, -0.2) is 0 Å².